The Bertz CT molecular complexity index is 400. The zero-order valence-electron chi connectivity index (χ0n) is 7.95. The highest BCUT2D eigenvalue weighted by Crippen LogP contribution is 2.35. The first-order valence-electron chi connectivity index (χ1n) is 4.13. The minimum absolute atomic E-state index is 0.0300. The average Bonchev–Trinajstić information content (AvgIpc) is 2.13. The van der Waals surface area contributed by atoms with E-state index in [1.165, 1.54) is 0 Å². The predicted octanol–water partition coefficient (Wildman–Crippen LogP) is 3.84. The van der Waals surface area contributed by atoms with Crippen LogP contribution in [-0.4, -0.2) is 17.7 Å². The van der Waals surface area contributed by atoms with E-state index in [2.05, 4.69) is 20.9 Å². The van der Waals surface area contributed by atoms with Crippen molar-refractivity contribution in [2.45, 2.75) is 12.4 Å². The summed E-state index contributed by atoms with van der Waals surface area (Å²) in [7, 11) is 0. The van der Waals surface area contributed by atoms with Crippen LogP contribution >= 0.6 is 15.9 Å². The van der Waals surface area contributed by atoms with E-state index in [0.717, 1.165) is 6.20 Å². The molecule has 0 aliphatic carbocycles. The Morgan fingerprint density at radius 2 is 1.76 bits per heavy atom. The molecular formula is C8H5BrF6N2. The van der Waals surface area contributed by atoms with Crippen LogP contribution in [0.5, 0.6) is 0 Å². The van der Waals surface area contributed by atoms with E-state index >= 15 is 0 Å². The van der Waals surface area contributed by atoms with Gasteiger partial charge in [0.15, 0.2) is 0 Å². The van der Waals surface area contributed by atoms with Crippen LogP contribution in [0.1, 0.15) is 5.56 Å². The van der Waals surface area contributed by atoms with Gasteiger partial charge in [-0.2, -0.15) is 26.3 Å². The zero-order valence-corrected chi connectivity index (χ0v) is 9.54. The SMILES string of the molecule is FC(F)(F)CNc1ncc(Br)cc1C(F)(F)F. The van der Waals surface area contributed by atoms with Crippen molar-refractivity contribution in [3.8, 4) is 0 Å². The van der Waals surface area contributed by atoms with Crippen LogP contribution in [0.4, 0.5) is 32.2 Å². The molecule has 17 heavy (non-hydrogen) atoms. The molecule has 96 valence electrons. The number of nitrogens with zero attached hydrogens (tertiary/aromatic N) is 1. The molecule has 0 aliphatic heterocycles. The van der Waals surface area contributed by atoms with Crippen LogP contribution in [0.2, 0.25) is 0 Å². The number of halogens is 7. The van der Waals surface area contributed by atoms with Crippen LogP contribution in [0.15, 0.2) is 16.7 Å². The fourth-order valence-electron chi connectivity index (χ4n) is 0.980. The van der Waals surface area contributed by atoms with Gasteiger partial charge in [0.05, 0.1) is 5.56 Å². The van der Waals surface area contributed by atoms with E-state index < -0.39 is 30.3 Å². The first-order chi connectivity index (χ1) is 7.59. The third-order valence-corrected chi connectivity index (χ3v) is 2.05. The molecule has 0 atom stereocenters. The first kappa shape index (κ1) is 14.1. The lowest BCUT2D eigenvalue weighted by molar-refractivity contribution is -0.137. The van der Waals surface area contributed by atoms with Crippen molar-refractivity contribution in [3.63, 3.8) is 0 Å². The summed E-state index contributed by atoms with van der Waals surface area (Å²) in [5.41, 5.74) is -1.25. The van der Waals surface area contributed by atoms with Crippen molar-refractivity contribution >= 4 is 21.7 Å². The molecule has 0 radical (unpaired) electrons. The molecular weight excluding hydrogens is 318 g/mol. The number of alkyl halides is 6. The second-order valence-electron chi connectivity index (χ2n) is 3.02. The molecule has 0 spiro atoms. The van der Waals surface area contributed by atoms with E-state index in [4.69, 9.17) is 0 Å². The van der Waals surface area contributed by atoms with Crippen molar-refractivity contribution in [3.05, 3.63) is 22.3 Å². The van der Waals surface area contributed by atoms with E-state index in [0.29, 0.717) is 6.07 Å². The fourth-order valence-corrected chi connectivity index (χ4v) is 1.31. The summed E-state index contributed by atoms with van der Waals surface area (Å²) in [5.74, 6) is -0.849. The number of aromatic nitrogens is 1. The monoisotopic (exact) mass is 322 g/mol. The molecule has 9 heteroatoms. The maximum Gasteiger partial charge on any atom is 0.419 e. The average molecular weight is 323 g/mol. The second kappa shape index (κ2) is 4.71. The predicted molar refractivity (Wildman–Crippen MR) is 51.5 cm³/mol. The van der Waals surface area contributed by atoms with E-state index in [9.17, 15) is 26.3 Å². The number of hydrogen-bond donors (Lipinski definition) is 1. The summed E-state index contributed by atoms with van der Waals surface area (Å²) in [4.78, 5) is 3.27. The third kappa shape index (κ3) is 4.41. The molecule has 1 rings (SSSR count). The first-order valence-corrected chi connectivity index (χ1v) is 4.92. The highest BCUT2D eigenvalue weighted by atomic mass is 79.9. The normalized spacial score (nSPS) is 12.6. The Morgan fingerprint density at radius 3 is 2.24 bits per heavy atom. The van der Waals surface area contributed by atoms with Crippen LogP contribution in [0.25, 0.3) is 0 Å². The van der Waals surface area contributed by atoms with Crippen molar-refractivity contribution in [1.29, 1.82) is 0 Å². The molecule has 0 saturated carbocycles. The summed E-state index contributed by atoms with van der Waals surface area (Å²) in [6.45, 7) is -1.58. The number of hydrogen-bond acceptors (Lipinski definition) is 2. The number of nitrogens with one attached hydrogen (secondary N) is 1. The molecule has 1 aromatic heterocycles. The van der Waals surface area contributed by atoms with Crippen molar-refractivity contribution in [1.82, 2.24) is 4.98 Å². The molecule has 0 amide bonds. The Balaban J connectivity index is 2.99. The molecule has 0 fully saturated rings. The van der Waals surface area contributed by atoms with Gasteiger partial charge in [-0.3, -0.25) is 0 Å². The Labute approximate surface area is 100 Å². The van der Waals surface area contributed by atoms with Crippen LogP contribution in [0, 0.1) is 0 Å². The van der Waals surface area contributed by atoms with Crippen LogP contribution < -0.4 is 5.32 Å². The molecule has 1 N–H and O–H groups in total. The quantitative estimate of drug-likeness (QED) is 0.837. The van der Waals surface area contributed by atoms with Crippen molar-refractivity contribution in [2.24, 2.45) is 0 Å². The topological polar surface area (TPSA) is 24.9 Å². The smallest absolute Gasteiger partial charge is 0.361 e. The van der Waals surface area contributed by atoms with Gasteiger partial charge < -0.3 is 5.32 Å². The summed E-state index contributed by atoms with van der Waals surface area (Å²) in [6, 6.07) is 0.658. The summed E-state index contributed by atoms with van der Waals surface area (Å²) in [5, 5.41) is 1.61. The van der Waals surface area contributed by atoms with Gasteiger partial charge in [0.2, 0.25) is 0 Å². The number of pyridine rings is 1. The fraction of sp³-hybridized carbons (Fsp3) is 0.375. The van der Waals surface area contributed by atoms with Crippen molar-refractivity contribution in [2.75, 3.05) is 11.9 Å². The van der Waals surface area contributed by atoms with E-state index in [-0.39, 0.29) is 4.47 Å². The van der Waals surface area contributed by atoms with Crippen LogP contribution in [0.3, 0.4) is 0 Å². The summed E-state index contributed by atoms with van der Waals surface area (Å²) >= 11 is 2.77. The standard InChI is InChI=1S/C8H5BrF6N2/c9-4-1-5(8(13,14)15)6(16-2-4)17-3-7(10,11)12/h1-2H,3H2,(H,16,17). The third-order valence-electron chi connectivity index (χ3n) is 1.62. The number of anilines is 1. The van der Waals surface area contributed by atoms with Gasteiger partial charge >= 0.3 is 12.4 Å². The van der Waals surface area contributed by atoms with Gasteiger partial charge in [-0.25, -0.2) is 4.98 Å². The lowest BCUT2D eigenvalue weighted by Crippen LogP contribution is -2.23. The molecule has 1 heterocycles. The molecule has 0 aliphatic rings. The number of rotatable bonds is 2. The second-order valence-corrected chi connectivity index (χ2v) is 3.93. The van der Waals surface area contributed by atoms with Crippen LogP contribution in [-0.2, 0) is 6.18 Å². The summed E-state index contributed by atoms with van der Waals surface area (Å²) < 4.78 is 73.0. The summed E-state index contributed by atoms with van der Waals surface area (Å²) in [6.07, 6.45) is -8.41. The molecule has 1 aromatic rings. The van der Waals surface area contributed by atoms with Gasteiger partial charge in [-0.1, -0.05) is 0 Å². The van der Waals surface area contributed by atoms with Gasteiger partial charge in [0.25, 0.3) is 0 Å². The minimum atomic E-state index is -4.77. The van der Waals surface area contributed by atoms with Gasteiger partial charge in [0, 0.05) is 10.7 Å². The lowest BCUT2D eigenvalue weighted by Gasteiger charge is -2.14. The van der Waals surface area contributed by atoms with Gasteiger partial charge in [-0.15, -0.1) is 0 Å². The highest BCUT2D eigenvalue weighted by Gasteiger charge is 2.36. The maximum atomic E-state index is 12.5. The van der Waals surface area contributed by atoms with E-state index in [1.54, 1.807) is 5.32 Å². The van der Waals surface area contributed by atoms with Crippen molar-refractivity contribution < 1.29 is 26.3 Å². The Morgan fingerprint density at radius 1 is 1.18 bits per heavy atom. The van der Waals surface area contributed by atoms with E-state index in [1.807, 2.05) is 0 Å². The molecule has 0 aromatic carbocycles. The maximum absolute atomic E-state index is 12.5. The van der Waals surface area contributed by atoms with Gasteiger partial charge in [0.1, 0.15) is 12.4 Å². The lowest BCUT2D eigenvalue weighted by atomic mass is 10.2. The molecule has 0 saturated heterocycles. The molecule has 0 unspecified atom stereocenters. The molecule has 0 bridgehead atoms. The Kier molecular flexibility index (Phi) is 3.90. The molecule has 2 nitrogen and oxygen atoms in total. The zero-order chi connectivity index (χ0) is 13.3. The largest absolute Gasteiger partial charge is 0.419 e. The highest BCUT2D eigenvalue weighted by molar-refractivity contribution is 9.10. The Hall–Kier alpha value is -0.990. The minimum Gasteiger partial charge on any atom is -0.361 e. The van der Waals surface area contributed by atoms with Gasteiger partial charge in [-0.05, 0) is 22.0 Å².